The quantitative estimate of drug-likeness (QED) is 0.262. The van der Waals surface area contributed by atoms with Crippen LogP contribution in [-0.4, -0.2) is 27.9 Å². The molecular weight excluding hydrogens is 388 g/mol. The first-order valence-electron chi connectivity index (χ1n) is 7.79. The number of hydrogen-bond donors (Lipinski definition) is 2. The Hall–Kier alpha value is -3.66. The van der Waals surface area contributed by atoms with Crippen molar-refractivity contribution >= 4 is 47.1 Å². The average molecular weight is 400 g/mol. The summed E-state index contributed by atoms with van der Waals surface area (Å²) < 4.78 is 4.81. The lowest BCUT2D eigenvalue weighted by atomic mass is 10.1. The third-order valence-corrected chi connectivity index (χ3v) is 4.73. The standard InChI is InChI=1S/C18H12N2O7S/c1-9(21)27-14-5-2-10(6-13(14)20(25)26)7-16-17(22)19-12-4-3-11(18(23)24)8-15(12)28-16/h2-8H,1H3,(H,19,22)(H,23,24)/b16-7-. The molecule has 1 aliphatic rings. The minimum Gasteiger partial charge on any atom is -0.478 e. The predicted molar refractivity (Wildman–Crippen MR) is 100 cm³/mol. The number of ether oxygens (including phenoxy) is 1. The molecule has 0 atom stereocenters. The molecule has 0 radical (unpaired) electrons. The zero-order chi connectivity index (χ0) is 20.4. The van der Waals surface area contributed by atoms with E-state index in [2.05, 4.69) is 5.32 Å². The summed E-state index contributed by atoms with van der Waals surface area (Å²) >= 11 is 1.05. The molecule has 1 aliphatic heterocycles. The summed E-state index contributed by atoms with van der Waals surface area (Å²) in [6.07, 6.45) is 1.43. The van der Waals surface area contributed by atoms with E-state index in [4.69, 9.17) is 9.84 Å². The van der Waals surface area contributed by atoms with Crippen LogP contribution < -0.4 is 10.1 Å². The van der Waals surface area contributed by atoms with Crippen molar-refractivity contribution in [3.63, 3.8) is 0 Å². The highest BCUT2D eigenvalue weighted by Crippen LogP contribution is 2.40. The molecule has 0 aromatic heterocycles. The number of nitrogens with one attached hydrogen (secondary N) is 1. The number of fused-ring (bicyclic) bond motifs is 1. The van der Waals surface area contributed by atoms with Crippen molar-refractivity contribution in [2.45, 2.75) is 11.8 Å². The van der Waals surface area contributed by atoms with Crippen molar-refractivity contribution in [2.75, 3.05) is 5.32 Å². The number of anilines is 1. The van der Waals surface area contributed by atoms with Gasteiger partial charge in [0.15, 0.2) is 0 Å². The predicted octanol–water partition coefficient (Wildman–Crippen LogP) is 3.30. The van der Waals surface area contributed by atoms with Crippen LogP contribution in [0.15, 0.2) is 46.2 Å². The van der Waals surface area contributed by atoms with E-state index in [1.807, 2.05) is 0 Å². The van der Waals surface area contributed by atoms with Gasteiger partial charge in [-0.25, -0.2) is 4.79 Å². The summed E-state index contributed by atoms with van der Waals surface area (Å²) in [6, 6.07) is 8.24. The molecule has 28 heavy (non-hydrogen) atoms. The molecule has 0 fully saturated rings. The van der Waals surface area contributed by atoms with Crippen molar-refractivity contribution in [1.82, 2.24) is 0 Å². The van der Waals surface area contributed by atoms with Gasteiger partial charge in [0.1, 0.15) is 0 Å². The molecule has 0 aliphatic carbocycles. The molecule has 2 aromatic rings. The number of amides is 1. The first kappa shape index (κ1) is 19.1. The Balaban J connectivity index is 1.97. The van der Waals surface area contributed by atoms with Crippen LogP contribution in [0.2, 0.25) is 0 Å². The highest BCUT2D eigenvalue weighted by atomic mass is 32.2. The zero-order valence-electron chi connectivity index (χ0n) is 14.3. The van der Waals surface area contributed by atoms with Crippen LogP contribution in [0.25, 0.3) is 6.08 Å². The minimum atomic E-state index is -1.09. The molecule has 1 heterocycles. The van der Waals surface area contributed by atoms with Crippen molar-refractivity contribution in [1.29, 1.82) is 0 Å². The number of nitro groups is 1. The number of carboxylic acids is 1. The maximum atomic E-state index is 12.3. The molecular formula is C18H12N2O7S. The van der Waals surface area contributed by atoms with Gasteiger partial charge < -0.3 is 15.2 Å². The van der Waals surface area contributed by atoms with Gasteiger partial charge in [-0.15, -0.1) is 0 Å². The molecule has 2 aromatic carbocycles. The Morgan fingerprint density at radius 2 is 2.00 bits per heavy atom. The van der Waals surface area contributed by atoms with Crippen LogP contribution in [0.3, 0.4) is 0 Å². The molecule has 1 amide bonds. The number of thioether (sulfide) groups is 1. The topological polar surface area (TPSA) is 136 Å². The second-order valence-corrected chi connectivity index (χ2v) is 6.74. The number of hydrogen-bond acceptors (Lipinski definition) is 7. The van der Waals surface area contributed by atoms with Gasteiger partial charge in [0.05, 0.1) is 21.1 Å². The van der Waals surface area contributed by atoms with E-state index in [-0.39, 0.29) is 16.2 Å². The Kier molecular flexibility index (Phi) is 5.14. The molecule has 2 N–H and O–H groups in total. The smallest absolute Gasteiger partial charge is 0.335 e. The van der Waals surface area contributed by atoms with Gasteiger partial charge in [-0.3, -0.25) is 19.7 Å². The molecule has 9 nitrogen and oxygen atoms in total. The Morgan fingerprint density at radius 3 is 2.64 bits per heavy atom. The number of nitro benzene ring substituents is 1. The lowest BCUT2D eigenvalue weighted by Crippen LogP contribution is -2.17. The average Bonchev–Trinajstić information content (AvgIpc) is 2.62. The van der Waals surface area contributed by atoms with Crippen molar-refractivity contribution < 1.29 is 29.2 Å². The fourth-order valence-corrected chi connectivity index (χ4v) is 3.44. The van der Waals surface area contributed by atoms with Gasteiger partial charge in [0.2, 0.25) is 5.75 Å². The number of benzene rings is 2. The fourth-order valence-electron chi connectivity index (χ4n) is 2.45. The lowest BCUT2D eigenvalue weighted by Gasteiger charge is -2.19. The second kappa shape index (κ2) is 7.53. The molecule has 0 unspecified atom stereocenters. The molecule has 0 saturated heterocycles. The lowest BCUT2D eigenvalue weighted by molar-refractivity contribution is -0.385. The summed E-state index contributed by atoms with van der Waals surface area (Å²) in [5.41, 5.74) is 0.480. The number of aromatic carboxylic acids is 1. The summed E-state index contributed by atoms with van der Waals surface area (Å²) in [5, 5.41) is 23.0. The minimum absolute atomic E-state index is 0.0723. The molecule has 0 spiro atoms. The summed E-state index contributed by atoms with van der Waals surface area (Å²) in [4.78, 5) is 45.8. The van der Waals surface area contributed by atoms with Crippen LogP contribution in [0, 0.1) is 10.1 Å². The van der Waals surface area contributed by atoms with Gasteiger partial charge in [0, 0.05) is 17.9 Å². The first-order chi connectivity index (χ1) is 13.2. The van der Waals surface area contributed by atoms with Crippen molar-refractivity contribution in [2.24, 2.45) is 0 Å². The van der Waals surface area contributed by atoms with Crippen LogP contribution >= 0.6 is 11.8 Å². The monoisotopic (exact) mass is 400 g/mol. The second-order valence-electron chi connectivity index (χ2n) is 5.66. The molecule has 3 rings (SSSR count). The van der Waals surface area contributed by atoms with E-state index >= 15 is 0 Å². The van der Waals surface area contributed by atoms with Crippen LogP contribution in [0.4, 0.5) is 11.4 Å². The number of esters is 1. The van der Waals surface area contributed by atoms with E-state index in [1.165, 1.54) is 42.5 Å². The summed E-state index contributed by atoms with van der Waals surface area (Å²) in [7, 11) is 0. The zero-order valence-corrected chi connectivity index (χ0v) is 15.1. The van der Waals surface area contributed by atoms with Crippen LogP contribution in [0.1, 0.15) is 22.8 Å². The van der Waals surface area contributed by atoms with Gasteiger partial charge in [-0.2, -0.15) is 0 Å². The van der Waals surface area contributed by atoms with Crippen molar-refractivity contribution in [3.05, 3.63) is 62.5 Å². The molecule has 142 valence electrons. The van der Waals surface area contributed by atoms with Crippen LogP contribution in [-0.2, 0) is 9.59 Å². The van der Waals surface area contributed by atoms with Gasteiger partial charge in [0.25, 0.3) is 5.91 Å². The third-order valence-electron chi connectivity index (χ3n) is 3.65. The molecule has 0 bridgehead atoms. The number of carboxylic acid groups (broad SMARTS) is 1. The van der Waals surface area contributed by atoms with E-state index in [9.17, 15) is 24.5 Å². The van der Waals surface area contributed by atoms with E-state index < -0.39 is 28.5 Å². The van der Waals surface area contributed by atoms with Gasteiger partial charge >= 0.3 is 17.6 Å². The number of nitrogens with zero attached hydrogens (tertiary/aromatic N) is 1. The van der Waals surface area contributed by atoms with Crippen molar-refractivity contribution in [3.8, 4) is 5.75 Å². The number of carbonyl (C=O) groups excluding carboxylic acids is 2. The largest absolute Gasteiger partial charge is 0.478 e. The molecule has 10 heteroatoms. The highest BCUT2D eigenvalue weighted by Gasteiger charge is 2.23. The van der Waals surface area contributed by atoms with E-state index in [0.717, 1.165) is 18.7 Å². The fraction of sp³-hybridized carbons (Fsp3) is 0.0556. The first-order valence-corrected chi connectivity index (χ1v) is 8.61. The Labute approximate surface area is 162 Å². The summed E-state index contributed by atoms with van der Waals surface area (Å²) in [5.74, 6) is -2.41. The molecule has 0 saturated carbocycles. The van der Waals surface area contributed by atoms with Gasteiger partial charge in [-0.05, 0) is 35.9 Å². The Morgan fingerprint density at radius 1 is 1.25 bits per heavy atom. The number of carbonyl (C=O) groups is 3. The normalized spacial score (nSPS) is 14.2. The number of rotatable bonds is 4. The van der Waals surface area contributed by atoms with Crippen LogP contribution in [0.5, 0.6) is 5.75 Å². The van der Waals surface area contributed by atoms with Gasteiger partial charge in [-0.1, -0.05) is 17.8 Å². The van der Waals surface area contributed by atoms with E-state index in [0.29, 0.717) is 16.1 Å². The summed E-state index contributed by atoms with van der Waals surface area (Å²) in [6.45, 7) is 1.13. The maximum absolute atomic E-state index is 12.3. The maximum Gasteiger partial charge on any atom is 0.335 e. The van der Waals surface area contributed by atoms with E-state index in [1.54, 1.807) is 0 Å². The Bertz CT molecular complexity index is 1060. The third kappa shape index (κ3) is 4.01. The SMILES string of the molecule is CC(=O)Oc1ccc(/C=C2\Sc3cc(C(=O)O)ccc3NC2=O)cc1[N+](=O)[O-]. The highest BCUT2D eigenvalue weighted by molar-refractivity contribution is 8.04.